The SMILES string of the molecule is COc1ccc(C(=O)CCC(=O)O)cc1C(=O)O. The van der Waals surface area contributed by atoms with E-state index in [2.05, 4.69) is 0 Å². The minimum Gasteiger partial charge on any atom is -0.496 e. The Morgan fingerprint density at radius 2 is 1.83 bits per heavy atom. The van der Waals surface area contributed by atoms with Gasteiger partial charge in [-0.25, -0.2) is 4.79 Å². The van der Waals surface area contributed by atoms with Crippen LogP contribution in [0.15, 0.2) is 18.2 Å². The molecule has 1 aromatic carbocycles. The fourth-order valence-electron chi connectivity index (χ4n) is 1.41. The van der Waals surface area contributed by atoms with Gasteiger partial charge in [0.05, 0.1) is 13.5 Å². The standard InChI is InChI=1S/C12H12O6/c1-18-10-4-2-7(6-8(10)12(16)17)9(13)3-5-11(14)15/h2,4,6H,3,5H2,1H3,(H,14,15)(H,16,17). The third-order valence-electron chi connectivity index (χ3n) is 2.32. The van der Waals surface area contributed by atoms with E-state index >= 15 is 0 Å². The van der Waals surface area contributed by atoms with Gasteiger partial charge in [0.2, 0.25) is 0 Å². The molecule has 0 amide bonds. The molecule has 0 heterocycles. The molecule has 0 saturated heterocycles. The molecule has 0 aliphatic rings. The van der Waals surface area contributed by atoms with Crippen molar-refractivity contribution in [2.24, 2.45) is 0 Å². The zero-order chi connectivity index (χ0) is 13.7. The first-order valence-corrected chi connectivity index (χ1v) is 5.12. The molecule has 6 nitrogen and oxygen atoms in total. The third kappa shape index (κ3) is 3.31. The van der Waals surface area contributed by atoms with E-state index in [0.717, 1.165) is 0 Å². The summed E-state index contributed by atoms with van der Waals surface area (Å²) in [6, 6.07) is 3.97. The van der Waals surface area contributed by atoms with Gasteiger partial charge in [0.1, 0.15) is 11.3 Å². The van der Waals surface area contributed by atoms with Gasteiger partial charge in [0, 0.05) is 12.0 Å². The van der Waals surface area contributed by atoms with Crippen LogP contribution in [0.25, 0.3) is 0 Å². The van der Waals surface area contributed by atoms with Gasteiger partial charge in [-0.05, 0) is 18.2 Å². The Bertz CT molecular complexity index is 491. The van der Waals surface area contributed by atoms with Gasteiger partial charge in [-0.15, -0.1) is 0 Å². The molecular formula is C12H12O6. The maximum atomic E-state index is 11.6. The predicted octanol–water partition coefficient (Wildman–Crippen LogP) is 1.44. The first kappa shape index (κ1) is 13.7. The number of ketones is 1. The number of aliphatic carboxylic acids is 1. The zero-order valence-corrected chi connectivity index (χ0v) is 9.67. The van der Waals surface area contributed by atoms with Crippen molar-refractivity contribution in [3.05, 3.63) is 29.3 Å². The van der Waals surface area contributed by atoms with Crippen molar-refractivity contribution in [1.29, 1.82) is 0 Å². The number of carbonyl (C=O) groups is 3. The molecule has 0 bridgehead atoms. The van der Waals surface area contributed by atoms with Crippen molar-refractivity contribution in [2.75, 3.05) is 7.11 Å². The molecule has 0 saturated carbocycles. The van der Waals surface area contributed by atoms with Gasteiger partial charge in [0.25, 0.3) is 0 Å². The number of Topliss-reactive ketones (excluding diaryl/α,β-unsaturated/α-hetero) is 1. The summed E-state index contributed by atoms with van der Waals surface area (Å²) < 4.78 is 4.85. The number of carbonyl (C=O) groups excluding carboxylic acids is 1. The van der Waals surface area contributed by atoms with E-state index in [4.69, 9.17) is 14.9 Å². The van der Waals surface area contributed by atoms with Crippen LogP contribution in [-0.2, 0) is 4.79 Å². The molecule has 0 atom stereocenters. The van der Waals surface area contributed by atoms with E-state index in [9.17, 15) is 14.4 Å². The van der Waals surface area contributed by atoms with Gasteiger partial charge in [0.15, 0.2) is 5.78 Å². The molecule has 0 aliphatic carbocycles. The molecule has 0 fully saturated rings. The maximum absolute atomic E-state index is 11.6. The van der Waals surface area contributed by atoms with Crippen molar-refractivity contribution < 1.29 is 29.3 Å². The Morgan fingerprint density at radius 1 is 1.17 bits per heavy atom. The third-order valence-corrected chi connectivity index (χ3v) is 2.32. The quantitative estimate of drug-likeness (QED) is 0.743. The number of hydrogen-bond donors (Lipinski definition) is 2. The average molecular weight is 252 g/mol. The molecule has 0 unspecified atom stereocenters. The predicted molar refractivity (Wildman–Crippen MR) is 61.2 cm³/mol. The van der Waals surface area contributed by atoms with Crippen LogP contribution in [0, 0.1) is 0 Å². The van der Waals surface area contributed by atoms with Crippen molar-refractivity contribution in [2.45, 2.75) is 12.8 Å². The first-order valence-electron chi connectivity index (χ1n) is 5.12. The molecule has 96 valence electrons. The molecule has 0 spiro atoms. The van der Waals surface area contributed by atoms with Crippen molar-refractivity contribution in [3.63, 3.8) is 0 Å². The van der Waals surface area contributed by atoms with E-state index in [1.807, 2.05) is 0 Å². The average Bonchev–Trinajstić information content (AvgIpc) is 2.34. The van der Waals surface area contributed by atoms with Crippen LogP contribution >= 0.6 is 0 Å². The zero-order valence-electron chi connectivity index (χ0n) is 9.67. The van der Waals surface area contributed by atoms with Gasteiger partial charge in [-0.2, -0.15) is 0 Å². The van der Waals surface area contributed by atoms with Crippen LogP contribution in [0.4, 0.5) is 0 Å². The fraction of sp³-hybridized carbons (Fsp3) is 0.250. The highest BCUT2D eigenvalue weighted by molar-refractivity contribution is 6.00. The van der Waals surface area contributed by atoms with Crippen molar-refractivity contribution in [3.8, 4) is 5.75 Å². The van der Waals surface area contributed by atoms with Gasteiger partial charge >= 0.3 is 11.9 Å². The molecular weight excluding hydrogens is 240 g/mol. The summed E-state index contributed by atoms with van der Waals surface area (Å²) >= 11 is 0. The van der Waals surface area contributed by atoms with E-state index in [0.29, 0.717) is 0 Å². The van der Waals surface area contributed by atoms with E-state index < -0.39 is 17.7 Å². The second-order valence-electron chi connectivity index (χ2n) is 3.54. The van der Waals surface area contributed by atoms with E-state index in [-0.39, 0.29) is 29.7 Å². The monoisotopic (exact) mass is 252 g/mol. The smallest absolute Gasteiger partial charge is 0.339 e. The topological polar surface area (TPSA) is 101 Å². The molecule has 1 rings (SSSR count). The van der Waals surface area contributed by atoms with E-state index in [1.165, 1.54) is 25.3 Å². The van der Waals surface area contributed by atoms with Gasteiger partial charge in [-0.3, -0.25) is 9.59 Å². The summed E-state index contributed by atoms with van der Waals surface area (Å²) in [5, 5.41) is 17.4. The first-order chi connectivity index (χ1) is 8.45. The number of hydrogen-bond acceptors (Lipinski definition) is 4. The van der Waals surface area contributed by atoms with E-state index in [1.54, 1.807) is 0 Å². The highest BCUT2D eigenvalue weighted by Crippen LogP contribution is 2.20. The number of methoxy groups -OCH3 is 1. The number of benzene rings is 1. The lowest BCUT2D eigenvalue weighted by Crippen LogP contribution is -2.07. The molecule has 0 aromatic heterocycles. The Morgan fingerprint density at radius 3 is 2.33 bits per heavy atom. The molecule has 0 aliphatic heterocycles. The van der Waals surface area contributed by atoms with Crippen LogP contribution < -0.4 is 4.74 Å². The highest BCUT2D eigenvalue weighted by atomic mass is 16.5. The second kappa shape index (κ2) is 5.81. The maximum Gasteiger partial charge on any atom is 0.339 e. The second-order valence-corrected chi connectivity index (χ2v) is 3.54. The molecule has 6 heteroatoms. The number of aromatic carboxylic acids is 1. The fourth-order valence-corrected chi connectivity index (χ4v) is 1.41. The number of rotatable bonds is 6. The molecule has 1 aromatic rings. The summed E-state index contributed by atoms with van der Waals surface area (Å²) in [6.07, 6.45) is -0.450. The normalized spacial score (nSPS) is 9.83. The van der Waals surface area contributed by atoms with Crippen LogP contribution in [-0.4, -0.2) is 35.0 Å². The summed E-state index contributed by atoms with van der Waals surface area (Å²) in [6.45, 7) is 0. The summed E-state index contributed by atoms with van der Waals surface area (Å²) in [4.78, 5) is 32.9. The molecule has 2 N–H and O–H groups in total. The summed E-state index contributed by atoms with van der Waals surface area (Å²) in [5.74, 6) is -2.55. The Hall–Kier alpha value is -2.37. The minimum atomic E-state index is -1.21. The Labute approximate surface area is 103 Å². The van der Waals surface area contributed by atoms with Crippen molar-refractivity contribution >= 4 is 17.7 Å². The van der Waals surface area contributed by atoms with Gasteiger partial charge < -0.3 is 14.9 Å². The molecule has 18 heavy (non-hydrogen) atoms. The molecule has 0 radical (unpaired) electrons. The number of carboxylic acid groups (broad SMARTS) is 2. The lowest BCUT2D eigenvalue weighted by Gasteiger charge is -2.06. The summed E-state index contributed by atoms with van der Waals surface area (Å²) in [7, 11) is 1.33. The number of carboxylic acids is 2. The number of ether oxygens (including phenoxy) is 1. The van der Waals surface area contributed by atoms with Crippen LogP contribution in [0.5, 0.6) is 5.75 Å². The largest absolute Gasteiger partial charge is 0.496 e. The highest BCUT2D eigenvalue weighted by Gasteiger charge is 2.15. The Kier molecular flexibility index (Phi) is 4.42. The van der Waals surface area contributed by atoms with Crippen molar-refractivity contribution in [1.82, 2.24) is 0 Å². The van der Waals surface area contributed by atoms with Crippen LogP contribution in [0.3, 0.4) is 0 Å². The Balaban J connectivity index is 2.97. The lowest BCUT2D eigenvalue weighted by molar-refractivity contribution is -0.136. The minimum absolute atomic E-state index is 0.126. The van der Waals surface area contributed by atoms with Crippen LogP contribution in [0.2, 0.25) is 0 Å². The van der Waals surface area contributed by atoms with Gasteiger partial charge in [-0.1, -0.05) is 0 Å². The van der Waals surface area contributed by atoms with Crippen LogP contribution in [0.1, 0.15) is 33.6 Å². The summed E-state index contributed by atoms with van der Waals surface area (Å²) in [5.41, 5.74) is 0.0353. The lowest BCUT2D eigenvalue weighted by atomic mass is 10.0.